The second-order valence-electron chi connectivity index (χ2n) is 8.11. The molecule has 2 heterocycles. The molecule has 1 aromatic heterocycles. The third kappa shape index (κ3) is 4.76. The van der Waals surface area contributed by atoms with Crippen LogP contribution >= 0.6 is 11.3 Å². The van der Waals surface area contributed by atoms with Crippen LogP contribution in [-0.4, -0.2) is 42.9 Å². The molecule has 2 aromatic carbocycles. The van der Waals surface area contributed by atoms with Gasteiger partial charge >= 0.3 is 0 Å². The molecule has 0 saturated carbocycles. The van der Waals surface area contributed by atoms with Gasteiger partial charge in [0.15, 0.2) is 4.80 Å². The van der Waals surface area contributed by atoms with Gasteiger partial charge in [-0.25, -0.2) is 8.42 Å². The molecule has 7 nitrogen and oxygen atoms in total. The number of fused-ring (bicyclic) bond motifs is 1. The number of carbonyl (C=O) groups excluding carboxylic acids is 1. The van der Waals surface area contributed by atoms with Crippen molar-refractivity contribution in [3.8, 4) is 5.75 Å². The van der Waals surface area contributed by atoms with Crippen molar-refractivity contribution in [2.75, 3.05) is 19.7 Å². The number of thiazole rings is 1. The molecule has 3 aromatic rings. The molecule has 176 valence electrons. The van der Waals surface area contributed by atoms with E-state index in [4.69, 9.17) is 4.74 Å². The zero-order chi connectivity index (χ0) is 23.6. The summed E-state index contributed by atoms with van der Waals surface area (Å²) in [7, 11) is -3.55. The molecule has 1 amide bonds. The molecule has 1 fully saturated rings. The Morgan fingerprint density at radius 2 is 1.82 bits per heavy atom. The molecule has 9 heteroatoms. The first kappa shape index (κ1) is 23.7. The normalized spacial score (nSPS) is 16.4. The summed E-state index contributed by atoms with van der Waals surface area (Å²) in [5.74, 6) is 0.321. The van der Waals surface area contributed by atoms with Crippen molar-refractivity contribution in [3.63, 3.8) is 0 Å². The van der Waals surface area contributed by atoms with Crippen molar-refractivity contribution in [3.05, 3.63) is 52.8 Å². The van der Waals surface area contributed by atoms with Crippen molar-refractivity contribution in [2.24, 2.45) is 10.9 Å². The van der Waals surface area contributed by atoms with E-state index in [1.807, 2.05) is 43.5 Å². The van der Waals surface area contributed by atoms with Crippen molar-refractivity contribution < 1.29 is 17.9 Å². The molecule has 0 unspecified atom stereocenters. The van der Waals surface area contributed by atoms with Crippen molar-refractivity contribution >= 4 is 37.5 Å². The quantitative estimate of drug-likeness (QED) is 0.527. The molecule has 1 aliphatic heterocycles. The number of nitrogens with zero attached hydrogens (tertiary/aromatic N) is 3. The number of rotatable bonds is 6. The van der Waals surface area contributed by atoms with E-state index >= 15 is 0 Å². The first-order valence-electron chi connectivity index (χ1n) is 11.3. The van der Waals surface area contributed by atoms with E-state index in [2.05, 4.69) is 4.99 Å². The zero-order valence-electron chi connectivity index (χ0n) is 19.2. The number of benzene rings is 2. The Kier molecular flexibility index (Phi) is 7.02. The Hall–Kier alpha value is -2.49. The molecule has 1 aliphatic rings. The largest absolute Gasteiger partial charge is 0.492 e. The van der Waals surface area contributed by atoms with Gasteiger partial charge in [-0.15, -0.1) is 0 Å². The Morgan fingerprint density at radius 3 is 2.45 bits per heavy atom. The van der Waals surface area contributed by atoms with Crippen molar-refractivity contribution in [1.82, 2.24) is 8.87 Å². The molecule has 0 aliphatic carbocycles. The first-order valence-corrected chi connectivity index (χ1v) is 13.5. The molecule has 0 bridgehead atoms. The van der Waals surface area contributed by atoms with Gasteiger partial charge in [0.25, 0.3) is 5.91 Å². The summed E-state index contributed by atoms with van der Waals surface area (Å²) in [6, 6.07) is 12.8. The molecule has 1 saturated heterocycles. The molecule has 0 atom stereocenters. The number of aromatic nitrogens is 1. The number of para-hydroxylation sites is 1. The third-order valence-electron chi connectivity index (χ3n) is 5.95. The van der Waals surface area contributed by atoms with E-state index in [1.165, 1.54) is 15.6 Å². The highest BCUT2D eigenvalue weighted by Gasteiger charge is 2.32. The van der Waals surface area contributed by atoms with Gasteiger partial charge < -0.3 is 9.30 Å². The summed E-state index contributed by atoms with van der Waals surface area (Å²) < 4.78 is 36.2. The fourth-order valence-corrected chi connectivity index (χ4v) is 6.72. The lowest BCUT2D eigenvalue weighted by atomic mass is 9.98. The Bertz CT molecular complexity index is 1320. The van der Waals surface area contributed by atoms with Gasteiger partial charge in [0, 0.05) is 25.6 Å². The fourth-order valence-electron chi connectivity index (χ4n) is 4.14. The van der Waals surface area contributed by atoms with Crippen LogP contribution in [0.15, 0.2) is 52.4 Å². The Labute approximate surface area is 198 Å². The van der Waals surface area contributed by atoms with E-state index in [0.717, 1.165) is 21.5 Å². The number of sulfonamides is 1. The van der Waals surface area contributed by atoms with Crippen LogP contribution in [0.25, 0.3) is 10.2 Å². The minimum atomic E-state index is -3.55. The number of aryl methyl sites for hydroxylation is 2. The van der Waals surface area contributed by atoms with Gasteiger partial charge in [-0.3, -0.25) is 4.79 Å². The second kappa shape index (κ2) is 9.79. The highest BCUT2D eigenvalue weighted by Crippen LogP contribution is 2.28. The fraction of sp³-hybridized carbons (Fsp3) is 0.417. The average Bonchev–Trinajstić information content (AvgIpc) is 3.17. The molecular weight excluding hydrogens is 458 g/mol. The minimum Gasteiger partial charge on any atom is -0.492 e. The molecule has 0 radical (unpaired) electrons. The highest BCUT2D eigenvalue weighted by atomic mass is 32.2. The number of ether oxygens (including phenoxy) is 1. The van der Waals surface area contributed by atoms with E-state index in [0.29, 0.717) is 48.8 Å². The summed E-state index contributed by atoms with van der Waals surface area (Å²) in [6.07, 6.45) is 0.934. The lowest BCUT2D eigenvalue weighted by Crippen LogP contribution is -2.40. The topological polar surface area (TPSA) is 81.0 Å². The number of hydrogen-bond acceptors (Lipinski definition) is 5. The summed E-state index contributed by atoms with van der Waals surface area (Å²) in [5, 5.41) is 0. The van der Waals surface area contributed by atoms with Gasteiger partial charge in [0.05, 0.1) is 16.2 Å². The van der Waals surface area contributed by atoms with Crippen LogP contribution in [0.3, 0.4) is 0 Å². The second-order valence-corrected chi connectivity index (χ2v) is 11.1. The van der Waals surface area contributed by atoms with Crippen molar-refractivity contribution in [2.45, 2.75) is 45.1 Å². The number of carbonyl (C=O) groups is 1. The van der Waals surface area contributed by atoms with Gasteiger partial charge in [0.1, 0.15) is 11.3 Å². The van der Waals surface area contributed by atoms with Crippen LogP contribution in [0.5, 0.6) is 5.75 Å². The van der Waals surface area contributed by atoms with Crippen LogP contribution in [-0.2, 0) is 21.4 Å². The number of hydrogen-bond donors (Lipinski definition) is 0. The van der Waals surface area contributed by atoms with Crippen LogP contribution < -0.4 is 9.54 Å². The summed E-state index contributed by atoms with van der Waals surface area (Å²) in [4.78, 5) is 18.4. The van der Waals surface area contributed by atoms with Gasteiger partial charge in [-0.2, -0.15) is 9.30 Å². The monoisotopic (exact) mass is 487 g/mol. The Morgan fingerprint density at radius 1 is 1.12 bits per heavy atom. The molecule has 0 spiro atoms. The Balaban J connectivity index is 1.53. The van der Waals surface area contributed by atoms with Crippen LogP contribution in [0.4, 0.5) is 0 Å². The lowest BCUT2D eigenvalue weighted by molar-refractivity contribution is -0.122. The number of piperidine rings is 1. The molecular formula is C24H29N3O4S2. The maximum absolute atomic E-state index is 13.0. The highest BCUT2D eigenvalue weighted by molar-refractivity contribution is 7.89. The summed E-state index contributed by atoms with van der Waals surface area (Å²) >= 11 is 1.47. The maximum atomic E-state index is 13.0. The zero-order valence-corrected chi connectivity index (χ0v) is 20.8. The predicted molar refractivity (Wildman–Crippen MR) is 130 cm³/mol. The summed E-state index contributed by atoms with van der Waals surface area (Å²) in [6.45, 7) is 7.76. The SMILES string of the molecule is CCOc1cccc2sc(=NC(=O)C3CCN(S(=O)(=O)c4ccc(C)cc4)CC3)n(CC)c12. The van der Waals surface area contributed by atoms with E-state index in [-0.39, 0.29) is 11.8 Å². The van der Waals surface area contributed by atoms with E-state index in [9.17, 15) is 13.2 Å². The van der Waals surface area contributed by atoms with Crippen LogP contribution in [0.1, 0.15) is 32.3 Å². The average molecular weight is 488 g/mol. The molecule has 4 rings (SSSR count). The maximum Gasteiger partial charge on any atom is 0.251 e. The molecule has 33 heavy (non-hydrogen) atoms. The van der Waals surface area contributed by atoms with Crippen LogP contribution in [0.2, 0.25) is 0 Å². The minimum absolute atomic E-state index is 0.186. The van der Waals surface area contributed by atoms with Crippen LogP contribution in [0, 0.1) is 12.8 Å². The smallest absolute Gasteiger partial charge is 0.251 e. The van der Waals surface area contributed by atoms with Gasteiger partial charge in [0.2, 0.25) is 10.0 Å². The van der Waals surface area contributed by atoms with Gasteiger partial charge in [-0.1, -0.05) is 35.1 Å². The van der Waals surface area contributed by atoms with E-state index in [1.54, 1.807) is 24.3 Å². The van der Waals surface area contributed by atoms with Crippen molar-refractivity contribution in [1.29, 1.82) is 0 Å². The third-order valence-corrected chi connectivity index (χ3v) is 8.90. The molecule has 0 N–H and O–H groups in total. The lowest BCUT2D eigenvalue weighted by Gasteiger charge is -2.29. The number of amides is 1. The van der Waals surface area contributed by atoms with Gasteiger partial charge in [-0.05, 0) is 57.9 Å². The standard InChI is InChI=1S/C24H29N3O4S2/c1-4-27-22-20(31-5-2)7-6-8-21(22)32-24(27)25-23(28)18-13-15-26(16-14-18)33(29,30)19-11-9-17(3)10-12-19/h6-12,18H,4-5,13-16H2,1-3H3. The summed E-state index contributed by atoms with van der Waals surface area (Å²) in [5.41, 5.74) is 1.97. The van der Waals surface area contributed by atoms with E-state index < -0.39 is 10.0 Å². The predicted octanol–water partition coefficient (Wildman–Crippen LogP) is 3.96. The first-order chi connectivity index (χ1) is 15.8.